The molecule has 7 rings (SSSR count). The SMILES string of the molecule is C/[N+](=C/C1CCN(C#N)C1)c1nc(OCC23CCCN2CCC3)nc2c(F)c(-c3cccc4ccc(F)c(Cl)c34)ncc12. The zero-order valence-electron chi connectivity index (χ0n) is 23.9. The van der Waals surface area contributed by atoms with Gasteiger partial charge in [0.15, 0.2) is 12.0 Å². The van der Waals surface area contributed by atoms with Crippen LogP contribution < -0.4 is 4.74 Å². The van der Waals surface area contributed by atoms with Crippen molar-refractivity contribution in [1.82, 2.24) is 24.8 Å². The zero-order valence-corrected chi connectivity index (χ0v) is 24.6. The Morgan fingerprint density at radius 2 is 1.98 bits per heavy atom. The van der Waals surface area contributed by atoms with Gasteiger partial charge in [0, 0.05) is 41.1 Å². The van der Waals surface area contributed by atoms with Crippen molar-refractivity contribution in [2.45, 2.75) is 37.6 Å². The monoisotopic (exact) mass is 602 g/mol. The molecule has 3 aliphatic heterocycles. The maximum Gasteiger partial charge on any atom is 0.434 e. The topological polar surface area (TPSA) is 81.2 Å². The van der Waals surface area contributed by atoms with Crippen molar-refractivity contribution in [3.05, 3.63) is 53.2 Å². The standard InChI is InChI=1S/C32H31ClF2N7O/c1-40(16-20-9-14-41(17-20)19-36)30-23-15-37-28(22-6-2-5-21-7-8-24(34)26(33)25(21)22)27(35)29(23)38-31(39-30)43-18-32-10-3-12-42(32)13-4-11-32/h2,5-8,15-16,20H,3-4,9-14,17-18H2,1H3/q+1/b40-16-. The lowest BCUT2D eigenvalue weighted by Gasteiger charge is -2.30. The summed E-state index contributed by atoms with van der Waals surface area (Å²) in [5.74, 6) is -0.657. The van der Waals surface area contributed by atoms with Crippen LogP contribution >= 0.6 is 11.6 Å². The van der Waals surface area contributed by atoms with Crippen LogP contribution in [0.15, 0.2) is 36.5 Å². The van der Waals surface area contributed by atoms with E-state index in [-0.39, 0.29) is 33.7 Å². The molecule has 0 spiro atoms. The second kappa shape index (κ2) is 11.0. The number of nitriles is 1. The zero-order chi connectivity index (χ0) is 29.7. The fourth-order valence-corrected chi connectivity index (χ4v) is 7.37. The van der Waals surface area contributed by atoms with E-state index >= 15 is 4.39 Å². The van der Waals surface area contributed by atoms with Gasteiger partial charge < -0.3 is 9.64 Å². The molecule has 0 saturated carbocycles. The highest BCUT2D eigenvalue weighted by Gasteiger charge is 2.45. The first-order valence-corrected chi connectivity index (χ1v) is 15.1. The fraction of sp³-hybridized carbons (Fsp3) is 0.406. The average Bonchev–Trinajstić information content (AvgIpc) is 3.74. The van der Waals surface area contributed by atoms with E-state index < -0.39 is 11.6 Å². The number of hydrogen-bond acceptors (Lipinski definition) is 7. The number of hydrogen-bond donors (Lipinski definition) is 0. The number of rotatable bonds is 6. The third-order valence-electron chi connectivity index (χ3n) is 9.25. The fourth-order valence-electron chi connectivity index (χ4n) is 7.10. The van der Waals surface area contributed by atoms with Gasteiger partial charge in [0.1, 0.15) is 29.0 Å². The van der Waals surface area contributed by atoms with Crippen LogP contribution in [-0.2, 0) is 0 Å². The second-order valence-electron chi connectivity index (χ2n) is 11.8. The van der Waals surface area contributed by atoms with Gasteiger partial charge in [0.2, 0.25) is 0 Å². The van der Waals surface area contributed by atoms with Gasteiger partial charge in [-0.05, 0) is 56.6 Å². The van der Waals surface area contributed by atoms with Gasteiger partial charge in [0.05, 0.1) is 23.8 Å². The van der Waals surface area contributed by atoms with Crippen molar-refractivity contribution < 1.29 is 18.1 Å². The minimum absolute atomic E-state index is 0.0182. The number of ether oxygens (including phenoxy) is 1. The number of halogens is 3. The molecule has 4 aromatic rings. The highest BCUT2D eigenvalue weighted by atomic mass is 35.5. The molecule has 2 aromatic carbocycles. The Bertz CT molecular complexity index is 1810. The van der Waals surface area contributed by atoms with Crippen LogP contribution in [-0.4, -0.2) is 80.9 Å². The van der Waals surface area contributed by atoms with Crippen molar-refractivity contribution in [2.24, 2.45) is 5.92 Å². The number of pyridine rings is 1. The van der Waals surface area contributed by atoms with E-state index in [4.69, 9.17) is 21.3 Å². The third kappa shape index (κ3) is 4.85. The lowest BCUT2D eigenvalue weighted by atomic mass is 9.95. The minimum Gasteiger partial charge on any atom is -0.443 e. The summed E-state index contributed by atoms with van der Waals surface area (Å²) < 4.78 is 39.2. The lowest BCUT2D eigenvalue weighted by Crippen LogP contribution is -2.43. The van der Waals surface area contributed by atoms with E-state index in [9.17, 15) is 9.65 Å². The Morgan fingerprint density at radius 3 is 2.74 bits per heavy atom. The van der Waals surface area contributed by atoms with Crippen molar-refractivity contribution in [3.63, 3.8) is 0 Å². The number of benzene rings is 2. The first-order valence-electron chi connectivity index (χ1n) is 14.7. The molecule has 3 fully saturated rings. The van der Waals surface area contributed by atoms with Crippen molar-refractivity contribution >= 4 is 45.3 Å². The molecule has 0 bridgehead atoms. The first-order chi connectivity index (χ1) is 20.9. The molecule has 8 nitrogen and oxygen atoms in total. The molecular formula is C32H31ClF2N7O+. The van der Waals surface area contributed by atoms with E-state index in [2.05, 4.69) is 21.1 Å². The molecule has 3 aliphatic rings. The Morgan fingerprint density at radius 1 is 1.16 bits per heavy atom. The molecule has 1 atom stereocenters. The van der Waals surface area contributed by atoms with Crippen LogP contribution in [0, 0.1) is 29.0 Å². The van der Waals surface area contributed by atoms with Crippen molar-refractivity contribution in [1.29, 1.82) is 5.26 Å². The number of fused-ring (bicyclic) bond motifs is 3. The molecule has 1 unspecified atom stereocenters. The van der Waals surface area contributed by atoms with Gasteiger partial charge in [0.25, 0.3) is 0 Å². The van der Waals surface area contributed by atoms with Crippen LogP contribution in [0.4, 0.5) is 14.6 Å². The largest absolute Gasteiger partial charge is 0.443 e. The van der Waals surface area contributed by atoms with Crippen LogP contribution in [0.5, 0.6) is 6.01 Å². The highest BCUT2D eigenvalue weighted by molar-refractivity contribution is 6.36. The van der Waals surface area contributed by atoms with Gasteiger partial charge >= 0.3 is 11.8 Å². The quantitative estimate of drug-likeness (QED) is 0.154. The van der Waals surface area contributed by atoms with Gasteiger partial charge in [-0.15, -0.1) is 0 Å². The van der Waals surface area contributed by atoms with Gasteiger partial charge in [-0.3, -0.25) is 9.88 Å². The smallest absolute Gasteiger partial charge is 0.434 e. The molecule has 0 N–H and O–H groups in total. The molecule has 0 aliphatic carbocycles. The summed E-state index contributed by atoms with van der Waals surface area (Å²) in [6.07, 6.45) is 11.0. The number of likely N-dealkylation sites (tertiary alicyclic amines) is 1. The van der Waals surface area contributed by atoms with E-state index in [0.717, 1.165) is 45.2 Å². The molecule has 3 saturated heterocycles. The molecule has 220 valence electrons. The maximum atomic E-state index is 16.6. The van der Waals surface area contributed by atoms with Gasteiger partial charge in [-0.2, -0.15) is 10.2 Å². The highest BCUT2D eigenvalue weighted by Crippen LogP contribution is 2.40. The Kier molecular flexibility index (Phi) is 7.10. The summed E-state index contributed by atoms with van der Waals surface area (Å²) in [5, 5.41) is 10.7. The normalized spacial score (nSPS) is 20.2. The average molecular weight is 603 g/mol. The Labute approximate surface area is 253 Å². The van der Waals surface area contributed by atoms with Crippen LogP contribution in [0.1, 0.15) is 32.1 Å². The van der Waals surface area contributed by atoms with Crippen LogP contribution in [0.25, 0.3) is 32.9 Å². The summed E-state index contributed by atoms with van der Waals surface area (Å²) in [5.41, 5.74) is 0.418. The van der Waals surface area contributed by atoms with Crippen molar-refractivity contribution in [3.8, 4) is 23.5 Å². The minimum atomic E-state index is -0.662. The Hall–Kier alpha value is -3.94. The van der Waals surface area contributed by atoms with Crippen LogP contribution in [0.2, 0.25) is 5.02 Å². The summed E-state index contributed by atoms with van der Waals surface area (Å²) in [4.78, 5) is 18.1. The molecule has 0 amide bonds. The summed E-state index contributed by atoms with van der Waals surface area (Å²) in [6, 6.07) is 8.24. The molecule has 0 radical (unpaired) electrons. The van der Waals surface area contributed by atoms with Gasteiger partial charge in [-0.25, -0.2) is 13.4 Å². The van der Waals surface area contributed by atoms with E-state index in [1.807, 2.05) is 17.8 Å². The van der Waals surface area contributed by atoms with E-state index in [1.165, 1.54) is 6.07 Å². The molecule has 2 aromatic heterocycles. The molecule has 43 heavy (non-hydrogen) atoms. The third-order valence-corrected chi connectivity index (χ3v) is 9.62. The predicted octanol–water partition coefficient (Wildman–Crippen LogP) is 5.93. The maximum absolute atomic E-state index is 16.6. The van der Waals surface area contributed by atoms with Crippen molar-refractivity contribution in [2.75, 3.05) is 39.8 Å². The van der Waals surface area contributed by atoms with Gasteiger partial charge in [-0.1, -0.05) is 35.9 Å². The Balaban J connectivity index is 1.35. The summed E-state index contributed by atoms with van der Waals surface area (Å²) >= 11 is 6.38. The van der Waals surface area contributed by atoms with E-state index in [1.54, 1.807) is 35.4 Å². The first kappa shape index (κ1) is 27.9. The lowest BCUT2D eigenvalue weighted by molar-refractivity contribution is -0.405. The molecular weight excluding hydrogens is 572 g/mol. The van der Waals surface area contributed by atoms with Crippen LogP contribution in [0.3, 0.4) is 0 Å². The summed E-state index contributed by atoms with van der Waals surface area (Å²) in [6.45, 7) is 3.86. The number of nitrogens with zero attached hydrogens (tertiary/aromatic N) is 7. The van der Waals surface area contributed by atoms with E-state index in [0.29, 0.717) is 47.2 Å². The summed E-state index contributed by atoms with van der Waals surface area (Å²) in [7, 11) is 1.86. The second-order valence-corrected chi connectivity index (χ2v) is 12.2. The molecule has 11 heteroatoms. The molecule has 5 heterocycles. The number of aromatic nitrogens is 3. The predicted molar refractivity (Wildman–Crippen MR) is 161 cm³/mol.